The van der Waals surface area contributed by atoms with Crippen LogP contribution in [0.4, 0.5) is 5.13 Å². The van der Waals surface area contributed by atoms with E-state index in [1.54, 1.807) is 31.4 Å². The van der Waals surface area contributed by atoms with E-state index in [-0.39, 0.29) is 12.5 Å². The standard InChI is InChI=1S/C15H15N3O3S2/c1-10-14(22-7-6-16)23-15(17-10)18-13(19)9-21-12-5-3-4-11(8-12)20-2/h3-5,8H,7,9H2,1-2H3,(H,17,18,19). The zero-order chi connectivity index (χ0) is 16.7. The molecule has 0 saturated heterocycles. The number of nitrogens with one attached hydrogen (secondary N) is 1. The Balaban J connectivity index is 1.88. The van der Waals surface area contributed by atoms with E-state index in [9.17, 15) is 4.79 Å². The fourth-order valence-corrected chi connectivity index (χ4v) is 3.48. The second-order valence-electron chi connectivity index (χ2n) is 4.35. The average molecular weight is 349 g/mol. The molecular weight excluding hydrogens is 334 g/mol. The summed E-state index contributed by atoms with van der Waals surface area (Å²) in [6.07, 6.45) is 0. The maximum absolute atomic E-state index is 11.9. The molecule has 2 rings (SSSR count). The molecule has 0 aliphatic carbocycles. The lowest BCUT2D eigenvalue weighted by molar-refractivity contribution is -0.118. The first-order valence-corrected chi connectivity index (χ1v) is 8.46. The number of aryl methyl sites for hydroxylation is 1. The van der Waals surface area contributed by atoms with Crippen LogP contribution in [0.15, 0.2) is 28.5 Å². The van der Waals surface area contributed by atoms with Crippen molar-refractivity contribution in [2.75, 3.05) is 24.8 Å². The molecule has 1 N–H and O–H groups in total. The third-order valence-corrected chi connectivity index (χ3v) is 4.98. The summed E-state index contributed by atoms with van der Waals surface area (Å²) in [4.78, 5) is 16.2. The number of hydrogen-bond donors (Lipinski definition) is 1. The molecule has 0 aliphatic rings. The van der Waals surface area contributed by atoms with Gasteiger partial charge in [0.2, 0.25) is 0 Å². The Kier molecular flexibility index (Phi) is 6.26. The lowest BCUT2D eigenvalue weighted by Crippen LogP contribution is -2.20. The summed E-state index contributed by atoms with van der Waals surface area (Å²) in [6.45, 7) is 1.73. The molecular formula is C15H15N3O3S2. The second kappa shape index (κ2) is 8.41. The van der Waals surface area contributed by atoms with Crippen molar-refractivity contribution in [3.63, 3.8) is 0 Å². The van der Waals surface area contributed by atoms with Crippen LogP contribution in [-0.4, -0.2) is 30.4 Å². The number of thioether (sulfide) groups is 1. The van der Waals surface area contributed by atoms with Crippen molar-refractivity contribution < 1.29 is 14.3 Å². The van der Waals surface area contributed by atoms with E-state index in [0.717, 1.165) is 9.90 Å². The van der Waals surface area contributed by atoms with Crippen LogP contribution in [0.5, 0.6) is 11.5 Å². The predicted molar refractivity (Wildman–Crippen MR) is 90.3 cm³/mol. The molecule has 1 aromatic heterocycles. The molecule has 0 bridgehead atoms. The van der Waals surface area contributed by atoms with Crippen molar-refractivity contribution in [3.8, 4) is 17.6 Å². The summed E-state index contributed by atoms with van der Waals surface area (Å²) < 4.78 is 11.4. The van der Waals surface area contributed by atoms with E-state index in [1.165, 1.54) is 23.1 Å². The Morgan fingerprint density at radius 2 is 2.26 bits per heavy atom. The van der Waals surface area contributed by atoms with Gasteiger partial charge in [0, 0.05) is 6.07 Å². The Morgan fingerprint density at radius 3 is 3.00 bits per heavy atom. The molecule has 0 radical (unpaired) electrons. The van der Waals surface area contributed by atoms with Crippen LogP contribution in [0.25, 0.3) is 0 Å². The largest absolute Gasteiger partial charge is 0.497 e. The van der Waals surface area contributed by atoms with Gasteiger partial charge in [-0.05, 0) is 19.1 Å². The highest BCUT2D eigenvalue weighted by atomic mass is 32.2. The van der Waals surface area contributed by atoms with Crippen LogP contribution in [0.3, 0.4) is 0 Å². The van der Waals surface area contributed by atoms with E-state index in [0.29, 0.717) is 22.4 Å². The molecule has 0 fully saturated rings. The summed E-state index contributed by atoms with van der Waals surface area (Å²) in [5.74, 6) is 1.28. The number of ether oxygens (including phenoxy) is 2. The zero-order valence-electron chi connectivity index (χ0n) is 12.7. The van der Waals surface area contributed by atoms with Gasteiger partial charge in [-0.3, -0.25) is 10.1 Å². The first kappa shape index (κ1) is 17.1. The number of anilines is 1. The van der Waals surface area contributed by atoms with Crippen LogP contribution in [0, 0.1) is 18.3 Å². The number of rotatable bonds is 7. The van der Waals surface area contributed by atoms with Gasteiger partial charge in [0.25, 0.3) is 5.91 Å². The van der Waals surface area contributed by atoms with Crippen molar-refractivity contribution in [3.05, 3.63) is 30.0 Å². The summed E-state index contributed by atoms with van der Waals surface area (Å²) in [7, 11) is 1.57. The summed E-state index contributed by atoms with van der Waals surface area (Å²) in [5.41, 5.74) is 0.805. The minimum Gasteiger partial charge on any atom is -0.497 e. The van der Waals surface area contributed by atoms with Crippen LogP contribution in [-0.2, 0) is 4.79 Å². The van der Waals surface area contributed by atoms with Crippen LogP contribution in [0.2, 0.25) is 0 Å². The topological polar surface area (TPSA) is 84.2 Å². The predicted octanol–water partition coefficient (Wildman–Crippen LogP) is 3.09. The normalized spacial score (nSPS) is 9.96. The maximum atomic E-state index is 11.9. The number of nitriles is 1. The van der Waals surface area contributed by atoms with Crippen molar-refractivity contribution in [2.24, 2.45) is 0 Å². The van der Waals surface area contributed by atoms with Crippen LogP contribution >= 0.6 is 23.1 Å². The van der Waals surface area contributed by atoms with Crippen molar-refractivity contribution >= 4 is 34.1 Å². The van der Waals surface area contributed by atoms with E-state index in [2.05, 4.69) is 16.4 Å². The summed E-state index contributed by atoms with van der Waals surface area (Å²) >= 11 is 2.76. The molecule has 23 heavy (non-hydrogen) atoms. The first-order valence-electron chi connectivity index (χ1n) is 6.66. The lowest BCUT2D eigenvalue weighted by atomic mass is 10.3. The number of carbonyl (C=O) groups is 1. The quantitative estimate of drug-likeness (QED) is 0.773. The minimum atomic E-state index is -0.293. The first-order chi connectivity index (χ1) is 11.1. The van der Waals surface area contributed by atoms with E-state index >= 15 is 0 Å². The van der Waals surface area contributed by atoms with Gasteiger partial charge in [0.15, 0.2) is 11.7 Å². The molecule has 0 aliphatic heterocycles. The lowest BCUT2D eigenvalue weighted by Gasteiger charge is -2.07. The number of benzene rings is 1. The number of methoxy groups -OCH3 is 1. The molecule has 6 nitrogen and oxygen atoms in total. The fourth-order valence-electron chi connectivity index (χ4n) is 1.66. The summed E-state index contributed by atoms with van der Waals surface area (Å²) in [5, 5.41) is 11.8. The van der Waals surface area contributed by atoms with Gasteiger partial charge >= 0.3 is 0 Å². The third kappa shape index (κ3) is 5.16. The highest BCUT2D eigenvalue weighted by Crippen LogP contribution is 2.31. The van der Waals surface area contributed by atoms with E-state index in [4.69, 9.17) is 14.7 Å². The second-order valence-corrected chi connectivity index (χ2v) is 6.60. The number of amides is 1. The van der Waals surface area contributed by atoms with Crippen LogP contribution in [0.1, 0.15) is 5.69 Å². The van der Waals surface area contributed by atoms with Crippen molar-refractivity contribution in [1.29, 1.82) is 5.26 Å². The van der Waals surface area contributed by atoms with Gasteiger partial charge in [-0.2, -0.15) is 5.26 Å². The number of thiazole rings is 1. The van der Waals surface area contributed by atoms with Gasteiger partial charge in [0.05, 0.1) is 28.8 Å². The Morgan fingerprint density at radius 1 is 1.48 bits per heavy atom. The molecule has 2 aromatic rings. The summed E-state index contributed by atoms with van der Waals surface area (Å²) in [6, 6.07) is 9.11. The molecule has 8 heteroatoms. The highest BCUT2D eigenvalue weighted by Gasteiger charge is 2.11. The molecule has 0 atom stereocenters. The van der Waals surface area contributed by atoms with Gasteiger partial charge in [-0.15, -0.1) is 0 Å². The Bertz CT molecular complexity index is 725. The number of carbonyl (C=O) groups excluding carboxylic acids is 1. The SMILES string of the molecule is COc1cccc(OCC(=O)Nc2nc(C)c(SCC#N)s2)c1. The van der Waals surface area contributed by atoms with E-state index in [1.807, 2.05) is 6.92 Å². The molecule has 1 amide bonds. The van der Waals surface area contributed by atoms with Gasteiger partial charge in [-0.1, -0.05) is 29.2 Å². The fraction of sp³-hybridized carbons (Fsp3) is 0.267. The van der Waals surface area contributed by atoms with Crippen molar-refractivity contribution in [2.45, 2.75) is 11.1 Å². The third-order valence-electron chi connectivity index (χ3n) is 2.68. The zero-order valence-corrected chi connectivity index (χ0v) is 14.3. The Labute approximate surface area is 142 Å². The highest BCUT2D eigenvalue weighted by molar-refractivity contribution is 8.01. The average Bonchev–Trinajstić information content (AvgIpc) is 2.90. The number of aromatic nitrogens is 1. The number of nitrogens with zero attached hydrogens (tertiary/aromatic N) is 2. The minimum absolute atomic E-state index is 0.119. The van der Waals surface area contributed by atoms with Gasteiger partial charge in [0.1, 0.15) is 11.5 Å². The molecule has 120 valence electrons. The maximum Gasteiger partial charge on any atom is 0.264 e. The van der Waals surface area contributed by atoms with Crippen molar-refractivity contribution in [1.82, 2.24) is 4.98 Å². The number of hydrogen-bond acceptors (Lipinski definition) is 7. The van der Waals surface area contributed by atoms with Gasteiger partial charge < -0.3 is 9.47 Å². The molecule has 0 unspecified atom stereocenters. The van der Waals surface area contributed by atoms with E-state index < -0.39 is 0 Å². The molecule has 0 spiro atoms. The molecule has 1 aromatic carbocycles. The Hall–Kier alpha value is -2.24. The molecule has 1 heterocycles. The monoisotopic (exact) mass is 349 g/mol. The van der Waals surface area contributed by atoms with Gasteiger partial charge in [-0.25, -0.2) is 4.98 Å². The smallest absolute Gasteiger partial charge is 0.264 e. The molecule has 0 saturated carbocycles. The van der Waals surface area contributed by atoms with Crippen LogP contribution < -0.4 is 14.8 Å².